The molecule has 1 atom stereocenters. The molecule has 54 valence electrons. The van der Waals surface area contributed by atoms with E-state index in [4.69, 9.17) is 0 Å². The highest BCUT2D eigenvalue weighted by molar-refractivity contribution is 5.22. The maximum Gasteiger partial charge on any atom is 0.107 e. The molecule has 1 aromatic carbocycles. The van der Waals surface area contributed by atoms with E-state index >= 15 is 0 Å². The molecule has 0 radical (unpaired) electrons. The summed E-state index contributed by atoms with van der Waals surface area (Å²) in [5.74, 6) is 0. The largest absolute Gasteiger partial charge is 0.352 e. The van der Waals surface area contributed by atoms with Gasteiger partial charge in [0.05, 0.1) is 0 Å². The highest BCUT2D eigenvalue weighted by atomic mass is 14.6. The third kappa shape index (κ3) is 1.58. The van der Waals surface area contributed by atoms with Crippen LogP contribution in [0.1, 0.15) is 24.1 Å². The third-order valence-corrected chi connectivity index (χ3v) is 1.65. The van der Waals surface area contributed by atoms with Crippen molar-refractivity contribution in [1.82, 2.24) is 0 Å². The Kier molecular flexibility index (Phi) is 2.07. The van der Waals surface area contributed by atoms with Crippen LogP contribution >= 0.6 is 0 Å². The van der Waals surface area contributed by atoms with E-state index in [0.29, 0.717) is 6.04 Å². The number of hydrogen-bond acceptors (Lipinski definition) is 0. The van der Waals surface area contributed by atoms with Crippen LogP contribution in [-0.4, -0.2) is 0 Å². The standard InChI is InChI=1S/C9H13N/c1-7-3-5-9(6-4-7)8(2)10/h3-6,8H,10H2,1-2H3/p+1/t8-/m1/s1. The number of hydrogen-bond donors (Lipinski definition) is 1. The summed E-state index contributed by atoms with van der Waals surface area (Å²) < 4.78 is 0. The van der Waals surface area contributed by atoms with Gasteiger partial charge in [0.2, 0.25) is 0 Å². The van der Waals surface area contributed by atoms with E-state index in [1.54, 1.807) is 0 Å². The van der Waals surface area contributed by atoms with E-state index < -0.39 is 0 Å². The van der Waals surface area contributed by atoms with E-state index in [9.17, 15) is 0 Å². The Labute approximate surface area is 61.9 Å². The second kappa shape index (κ2) is 2.84. The zero-order valence-electron chi connectivity index (χ0n) is 6.59. The lowest BCUT2D eigenvalue weighted by Crippen LogP contribution is -2.51. The number of quaternary nitrogens is 1. The average Bonchev–Trinajstić information content (AvgIpc) is 1.88. The van der Waals surface area contributed by atoms with Crippen LogP contribution in [-0.2, 0) is 0 Å². The minimum Gasteiger partial charge on any atom is -0.352 e. The summed E-state index contributed by atoms with van der Waals surface area (Å²) in [5, 5.41) is 0. The van der Waals surface area contributed by atoms with Crippen LogP contribution in [0.25, 0.3) is 0 Å². The van der Waals surface area contributed by atoms with Crippen LogP contribution in [0.3, 0.4) is 0 Å². The van der Waals surface area contributed by atoms with Gasteiger partial charge in [-0.15, -0.1) is 0 Å². The summed E-state index contributed by atoms with van der Waals surface area (Å²) in [4.78, 5) is 0. The van der Waals surface area contributed by atoms with Gasteiger partial charge >= 0.3 is 0 Å². The molecule has 3 N–H and O–H groups in total. The first-order valence-electron chi connectivity index (χ1n) is 3.60. The minimum atomic E-state index is 0.403. The topological polar surface area (TPSA) is 27.6 Å². The SMILES string of the molecule is Cc1ccc([C@@H](C)[NH3+])cc1. The van der Waals surface area contributed by atoms with Crippen molar-refractivity contribution in [2.75, 3.05) is 0 Å². The molecule has 0 heterocycles. The second-order valence-electron chi connectivity index (χ2n) is 2.81. The molecule has 0 saturated heterocycles. The second-order valence-corrected chi connectivity index (χ2v) is 2.81. The third-order valence-electron chi connectivity index (χ3n) is 1.65. The van der Waals surface area contributed by atoms with Gasteiger partial charge in [-0.25, -0.2) is 0 Å². The summed E-state index contributed by atoms with van der Waals surface area (Å²) in [6, 6.07) is 8.91. The number of rotatable bonds is 1. The van der Waals surface area contributed by atoms with Crippen LogP contribution in [0.2, 0.25) is 0 Å². The van der Waals surface area contributed by atoms with Crippen molar-refractivity contribution in [1.29, 1.82) is 0 Å². The van der Waals surface area contributed by atoms with E-state index in [1.165, 1.54) is 11.1 Å². The molecule has 0 unspecified atom stereocenters. The zero-order chi connectivity index (χ0) is 7.56. The molecule has 10 heavy (non-hydrogen) atoms. The van der Waals surface area contributed by atoms with Crippen molar-refractivity contribution in [3.63, 3.8) is 0 Å². The van der Waals surface area contributed by atoms with Crippen LogP contribution in [0.4, 0.5) is 0 Å². The van der Waals surface area contributed by atoms with Gasteiger partial charge in [-0.1, -0.05) is 29.8 Å². The Hall–Kier alpha value is -0.820. The van der Waals surface area contributed by atoms with Crippen molar-refractivity contribution < 1.29 is 5.73 Å². The van der Waals surface area contributed by atoms with Gasteiger partial charge in [-0.05, 0) is 13.8 Å². The maximum atomic E-state index is 3.94. The van der Waals surface area contributed by atoms with E-state index in [1.807, 2.05) is 0 Å². The minimum absolute atomic E-state index is 0.403. The van der Waals surface area contributed by atoms with Crippen molar-refractivity contribution in [3.8, 4) is 0 Å². The van der Waals surface area contributed by atoms with E-state index in [2.05, 4.69) is 43.8 Å². The van der Waals surface area contributed by atoms with Gasteiger partial charge in [0.1, 0.15) is 6.04 Å². The van der Waals surface area contributed by atoms with Crippen LogP contribution < -0.4 is 5.73 Å². The summed E-state index contributed by atoms with van der Waals surface area (Å²) in [6.07, 6.45) is 0. The fourth-order valence-electron chi connectivity index (χ4n) is 0.895. The maximum absolute atomic E-state index is 3.94. The first kappa shape index (κ1) is 7.29. The molecule has 0 spiro atoms. The first-order chi connectivity index (χ1) is 4.70. The van der Waals surface area contributed by atoms with Gasteiger partial charge < -0.3 is 5.73 Å². The molecular formula is C9H14N+. The van der Waals surface area contributed by atoms with Gasteiger partial charge in [0, 0.05) is 5.56 Å². The quantitative estimate of drug-likeness (QED) is 0.602. The lowest BCUT2D eigenvalue weighted by molar-refractivity contribution is -0.420. The molecule has 1 nitrogen and oxygen atoms in total. The Morgan fingerprint density at radius 2 is 1.70 bits per heavy atom. The molecule has 1 rings (SSSR count). The van der Waals surface area contributed by atoms with Crippen molar-refractivity contribution in [3.05, 3.63) is 35.4 Å². The van der Waals surface area contributed by atoms with Crippen molar-refractivity contribution in [2.24, 2.45) is 0 Å². The lowest BCUT2D eigenvalue weighted by Gasteiger charge is -2.00. The Morgan fingerprint density at radius 3 is 2.10 bits per heavy atom. The molecule has 0 aliphatic rings. The zero-order valence-corrected chi connectivity index (χ0v) is 6.59. The number of benzene rings is 1. The van der Waals surface area contributed by atoms with E-state index in [-0.39, 0.29) is 0 Å². The van der Waals surface area contributed by atoms with Crippen molar-refractivity contribution in [2.45, 2.75) is 19.9 Å². The van der Waals surface area contributed by atoms with Gasteiger partial charge in [0.15, 0.2) is 0 Å². The molecule has 0 aliphatic heterocycles. The molecule has 0 saturated carbocycles. The van der Waals surface area contributed by atoms with E-state index in [0.717, 1.165) is 0 Å². The summed E-state index contributed by atoms with van der Waals surface area (Å²) in [5.41, 5.74) is 6.56. The molecule has 1 heteroatoms. The molecule has 1 aromatic rings. The fraction of sp³-hybridized carbons (Fsp3) is 0.333. The number of aryl methyl sites for hydroxylation is 1. The first-order valence-corrected chi connectivity index (χ1v) is 3.60. The predicted octanol–water partition coefficient (Wildman–Crippen LogP) is 1.30. The summed E-state index contributed by atoms with van der Waals surface area (Å²) in [6.45, 7) is 4.20. The molecule has 0 fully saturated rings. The molecule has 0 bridgehead atoms. The molecule has 0 aliphatic carbocycles. The summed E-state index contributed by atoms with van der Waals surface area (Å²) >= 11 is 0. The smallest absolute Gasteiger partial charge is 0.107 e. The van der Waals surface area contributed by atoms with Gasteiger partial charge in [0.25, 0.3) is 0 Å². The Bertz CT molecular complexity index is 198. The lowest BCUT2D eigenvalue weighted by atomic mass is 10.1. The molecule has 0 aromatic heterocycles. The van der Waals surface area contributed by atoms with Crippen LogP contribution in [0.15, 0.2) is 24.3 Å². The van der Waals surface area contributed by atoms with Gasteiger partial charge in [-0.2, -0.15) is 0 Å². The fourth-order valence-corrected chi connectivity index (χ4v) is 0.895. The highest BCUT2D eigenvalue weighted by Crippen LogP contribution is 2.07. The average molecular weight is 136 g/mol. The van der Waals surface area contributed by atoms with Crippen molar-refractivity contribution >= 4 is 0 Å². The molecular weight excluding hydrogens is 122 g/mol. The molecule has 0 amide bonds. The van der Waals surface area contributed by atoms with Crippen LogP contribution in [0.5, 0.6) is 0 Å². The highest BCUT2D eigenvalue weighted by Gasteiger charge is 1.99. The van der Waals surface area contributed by atoms with Gasteiger partial charge in [-0.3, -0.25) is 0 Å². The predicted molar refractivity (Wildman–Crippen MR) is 42.5 cm³/mol. The monoisotopic (exact) mass is 136 g/mol. The summed E-state index contributed by atoms with van der Waals surface area (Å²) in [7, 11) is 0. The van der Waals surface area contributed by atoms with Crippen LogP contribution in [0, 0.1) is 6.92 Å². The Balaban J connectivity index is 2.89. The Morgan fingerprint density at radius 1 is 1.20 bits per heavy atom. The normalized spacial score (nSPS) is 13.1.